The van der Waals surface area contributed by atoms with Gasteiger partial charge in [0.1, 0.15) is 0 Å². The summed E-state index contributed by atoms with van der Waals surface area (Å²) < 4.78 is 5.40. The number of anilines is 1. The third kappa shape index (κ3) is 3.64. The number of benzene rings is 1. The topological polar surface area (TPSA) is 81.6 Å². The summed E-state index contributed by atoms with van der Waals surface area (Å²) in [6.45, 7) is 6.14. The van der Waals surface area contributed by atoms with Crippen LogP contribution in [-0.2, 0) is 0 Å². The second-order valence-electron chi connectivity index (χ2n) is 5.53. The van der Waals surface area contributed by atoms with E-state index in [1.165, 1.54) is 6.07 Å². The average Bonchev–Trinajstić information content (AvgIpc) is 2.47. The molecule has 0 aliphatic carbocycles. The van der Waals surface area contributed by atoms with Gasteiger partial charge in [0.15, 0.2) is 5.75 Å². The fourth-order valence-electron chi connectivity index (χ4n) is 2.80. The van der Waals surface area contributed by atoms with Crippen LogP contribution in [0.2, 0.25) is 0 Å². The molecule has 21 heavy (non-hydrogen) atoms. The maximum absolute atomic E-state index is 11.0. The average molecular weight is 293 g/mol. The summed E-state index contributed by atoms with van der Waals surface area (Å²) in [6, 6.07) is 5.32. The lowest BCUT2D eigenvalue weighted by Crippen LogP contribution is -2.39. The second-order valence-corrected chi connectivity index (χ2v) is 5.53. The zero-order valence-electron chi connectivity index (χ0n) is 12.6. The van der Waals surface area contributed by atoms with E-state index in [0.717, 1.165) is 31.6 Å². The highest BCUT2D eigenvalue weighted by Crippen LogP contribution is 2.33. The smallest absolute Gasteiger partial charge is 0.311 e. The van der Waals surface area contributed by atoms with Gasteiger partial charge >= 0.3 is 5.69 Å². The van der Waals surface area contributed by atoms with E-state index in [9.17, 15) is 10.1 Å². The molecule has 0 spiro atoms. The molecule has 0 radical (unpaired) electrons. The number of nitrogens with zero attached hydrogens (tertiary/aromatic N) is 2. The SMILES string of the molecule is CCOc1cc(N2CCC(C(C)N)CC2)ccc1[N+](=O)[O-]. The van der Waals surface area contributed by atoms with E-state index in [1.807, 2.05) is 6.92 Å². The first-order chi connectivity index (χ1) is 10.0. The maximum atomic E-state index is 11.0. The van der Waals surface area contributed by atoms with Crippen LogP contribution in [0.4, 0.5) is 11.4 Å². The van der Waals surface area contributed by atoms with Crippen LogP contribution in [0, 0.1) is 16.0 Å². The molecule has 1 aliphatic rings. The van der Waals surface area contributed by atoms with Crippen LogP contribution >= 0.6 is 0 Å². The van der Waals surface area contributed by atoms with Crippen LogP contribution < -0.4 is 15.4 Å². The number of hydrogen-bond acceptors (Lipinski definition) is 5. The van der Waals surface area contributed by atoms with Gasteiger partial charge in [-0.05, 0) is 38.7 Å². The van der Waals surface area contributed by atoms with Crippen molar-refractivity contribution >= 4 is 11.4 Å². The number of nitro benzene ring substituents is 1. The van der Waals surface area contributed by atoms with Crippen molar-refractivity contribution in [1.82, 2.24) is 0 Å². The summed E-state index contributed by atoms with van der Waals surface area (Å²) in [5, 5.41) is 11.0. The van der Waals surface area contributed by atoms with Crippen molar-refractivity contribution in [2.75, 3.05) is 24.6 Å². The molecular weight excluding hydrogens is 270 g/mol. The minimum absolute atomic E-state index is 0.0195. The van der Waals surface area contributed by atoms with Crippen molar-refractivity contribution in [1.29, 1.82) is 0 Å². The lowest BCUT2D eigenvalue weighted by Gasteiger charge is -2.35. The van der Waals surface area contributed by atoms with Crippen LogP contribution in [-0.4, -0.2) is 30.7 Å². The van der Waals surface area contributed by atoms with Gasteiger partial charge in [0.05, 0.1) is 11.5 Å². The molecule has 1 atom stereocenters. The maximum Gasteiger partial charge on any atom is 0.311 e. The molecule has 1 heterocycles. The van der Waals surface area contributed by atoms with Crippen LogP contribution in [0.5, 0.6) is 5.75 Å². The van der Waals surface area contributed by atoms with E-state index in [2.05, 4.69) is 11.8 Å². The Bertz CT molecular complexity index is 497. The minimum Gasteiger partial charge on any atom is -0.487 e. The van der Waals surface area contributed by atoms with E-state index in [0.29, 0.717) is 18.3 Å². The molecule has 1 unspecified atom stereocenters. The number of nitro groups is 1. The Hall–Kier alpha value is -1.82. The van der Waals surface area contributed by atoms with Crippen molar-refractivity contribution in [3.05, 3.63) is 28.3 Å². The standard InChI is InChI=1S/C15H23N3O3/c1-3-21-15-10-13(4-5-14(15)18(19)20)17-8-6-12(7-9-17)11(2)16/h4-5,10-12H,3,6-9,16H2,1-2H3. The first-order valence-electron chi connectivity index (χ1n) is 7.44. The molecular formula is C15H23N3O3. The fourth-order valence-corrected chi connectivity index (χ4v) is 2.80. The summed E-state index contributed by atoms with van der Waals surface area (Å²) in [4.78, 5) is 12.8. The second kappa shape index (κ2) is 6.76. The molecule has 1 saturated heterocycles. The quantitative estimate of drug-likeness (QED) is 0.666. The molecule has 0 amide bonds. The number of ether oxygens (including phenoxy) is 1. The third-order valence-corrected chi connectivity index (χ3v) is 4.09. The van der Waals surface area contributed by atoms with Crippen molar-refractivity contribution in [2.24, 2.45) is 11.7 Å². The summed E-state index contributed by atoms with van der Waals surface area (Å²) in [5.74, 6) is 0.903. The highest BCUT2D eigenvalue weighted by Gasteiger charge is 2.24. The Kier molecular flexibility index (Phi) is 5.01. The van der Waals surface area contributed by atoms with Crippen molar-refractivity contribution < 1.29 is 9.66 Å². The Labute approximate surface area is 125 Å². The van der Waals surface area contributed by atoms with Crippen molar-refractivity contribution in [2.45, 2.75) is 32.7 Å². The number of piperidine rings is 1. The van der Waals surface area contributed by atoms with Gasteiger partial charge in [-0.1, -0.05) is 0 Å². The minimum atomic E-state index is -0.406. The first kappa shape index (κ1) is 15.6. The van der Waals surface area contributed by atoms with Crippen LogP contribution in [0.15, 0.2) is 18.2 Å². The summed E-state index contributed by atoms with van der Waals surface area (Å²) in [7, 11) is 0. The molecule has 1 fully saturated rings. The number of nitrogens with two attached hydrogens (primary N) is 1. The molecule has 6 nitrogen and oxygen atoms in total. The van der Waals surface area contributed by atoms with Gasteiger partial charge in [0, 0.05) is 37.0 Å². The zero-order chi connectivity index (χ0) is 15.4. The molecule has 0 aromatic heterocycles. The lowest BCUT2D eigenvalue weighted by atomic mass is 9.91. The number of hydrogen-bond donors (Lipinski definition) is 1. The van der Waals surface area contributed by atoms with Gasteiger partial charge in [-0.2, -0.15) is 0 Å². The zero-order valence-corrected chi connectivity index (χ0v) is 12.6. The van der Waals surface area contributed by atoms with Gasteiger partial charge in [-0.25, -0.2) is 0 Å². The molecule has 6 heteroatoms. The van der Waals surface area contributed by atoms with Crippen LogP contribution in [0.1, 0.15) is 26.7 Å². The highest BCUT2D eigenvalue weighted by molar-refractivity contribution is 5.59. The molecule has 0 bridgehead atoms. The normalized spacial score (nSPS) is 17.6. The van der Waals surface area contributed by atoms with Crippen molar-refractivity contribution in [3.63, 3.8) is 0 Å². The van der Waals surface area contributed by atoms with Crippen LogP contribution in [0.25, 0.3) is 0 Å². The molecule has 2 rings (SSSR count). The molecule has 0 saturated carbocycles. The Morgan fingerprint density at radius 3 is 2.67 bits per heavy atom. The highest BCUT2D eigenvalue weighted by atomic mass is 16.6. The van der Waals surface area contributed by atoms with Crippen molar-refractivity contribution in [3.8, 4) is 5.75 Å². The molecule has 116 valence electrons. The van der Waals surface area contributed by atoms with E-state index in [4.69, 9.17) is 10.5 Å². The van der Waals surface area contributed by atoms with E-state index < -0.39 is 4.92 Å². The van der Waals surface area contributed by atoms with E-state index >= 15 is 0 Å². The Morgan fingerprint density at radius 1 is 1.48 bits per heavy atom. The molecule has 2 N–H and O–H groups in total. The third-order valence-electron chi connectivity index (χ3n) is 4.09. The Morgan fingerprint density at radius 2 is 2.14 bits per heavy atom. The van der Waals surface area contributed by atoms with Gasteiger partial charge in [0.25, 0.3) is 0 Å². The molecule has 1 aromatic rings. The van der Waals surface area contributed by atoms with Gasteiger partial charge in [0.2, 0.25) is 0 Å². The Balaban J connectivity index is 2.14. The predicted molar refractivity (Wildman–Crippen MR) is 82.9 cm³/mol. The van der Waals surface area contributed by atoms with E-state index in [-0.39, 0.29) is 11.7 Å². The van der Waals surface area contributed by atoms with Crippen LogP contribution in [0.3, 0.4) is 0 Å². The fraction of sp³-hybridized carbons (Fsp3) is 0.600. The molecule has 1 aliphatic heterocycles. The molecule has 1 aromatic carbocycles. The first-order valence-corrected chi connectivity index (χ1v) is 7.44. The van der Waals surface area contributed by atoms with Gasteiger partial charge in [-0.15, -0.1) is 0 Å². The summed E-state index contributed by atoms with van der Waals surface area (Å²) in [6.07, 6.45) is 2.11. The van der Waals surface area contributed by atoms with Gasteiger partial charge < -0.3 is 15.4 Å². The lowest BCUT2D eigenvalue weighted by molar-refractivity contribution is -0.385. The summed E-state index contributed by atoms with van der Waals surface area (Å²) in [5.41, 5.74) is 6.95. The largest absolute Gasteiger partial charge is 0.487 e. The van der Waals surface area contributed by atoms with E-state index in [1.54, 1.807) is 12.1 Å². The predicted octanol–water partition coefficient (Wildman–Crippen LogP) is 2.56. The monoisotopic (exact) mass is 293 g/mol. The number of rotatable bonds is 5. The van der Waals surface area contributed by atoms with Gasteiger partial charge in [-0.3, -0.25) is 10.1 Å². The summed E-state index contributed by atoms with van der Waals surface area (Å²) >= 11 is 0.